The predicted octanol–water partition coefficient (Wildman–Crippen LogP) is 3.13. The highest BCUT2D eigenvalue weighted by Crippen LogP contribution is 2.22. The van der Waals surface area contributed by atoms with Crippen LogP contribution < -0.4 is 5.32 Å². The first-order chi connectivity index (χ1) is 10.7. The summed E-state index contributed by atoms with van der Waals surface area (Å²) in [5.74, 6) is -0.997. The van der Waals surface area contributed by atoms with Gasteiger partial charge in [-0.2, -0.15) is 4.68 Å². The molecule has 9 heteroatoms. The molecule has 0 unspecified atom stereocenters. The summed E-state index contributed by atoms with van der Waals surface area (Å²) < 4.78 is 1.03. The van der Waals surface area contributed by atoms with E-state index in [-0.39, 0.29) is 11.8 Å². The Hall–Kier alpha value is -1.63. The molecular formula is C14H13Cl3N4O2. The second-order valence-corrected chi connectivity index (χ2v) is 6.45. The Morgan fingerprint density at radius 3 is 2.39 bits per heavy atom. The van der Waals surface area contributed by atoms with E-state index in [2.05, 4.69) is 15.6 Å². The van der Waals surface area contributed by atoms with Gasteiger partial charge in [0.2, 0.25) is 0 Å². The van der Waals surface area contributed by atoms with Gasteiger partial charge in [0.05, 0.1) is 11.7 Å². The zero-order chi connectivity index (χ0) is 17.2. The smallest absolute Gasteiger partial charge is 0.263 e. The molecule has 0 aliphatic rings. The van der Waals surface area contributed by atoms with Gasteiger partial charge in [0, 0.05) is 15.6 Å². The van der Waals surface area contributed by atoms with E-state index in [4.69, 9.17) is 34.8 Å². The van der Waals surface area contributed by atoms with Crippen molar-refractivity contribution in [2.24, 2.45) is 0 Å². The van der Waals surface area contributed by atoms with Crippen LogP contribution in [-0.2, 0) is 5.54 Å². The fraction of sp³-hybridized carbons (Fsp3) is 0.286. The van der Waals surface area contributed by atoms with Crippen molar-refractivity contribution in [1.82, 2.24) is 20.3 Å². The van der Waals surface area contributed by atoms with Crippen LogP contribution >= 0.6 is 34.8 Å². The van der Waals surface area contributed by atoms with Crippen LogP contribution in [0.15, 0.2) is 24.4 Å². The number of nitrogens with one attached hydrogen (secondary N) is 1. The third kappa shape index (κ3) is 4.22. The standard InChI is InChI=1S/C14H13Cl3N4O2/c1-14(2,11-7-21(20-19-11)12(22)6-15)18-13(23)8-3-9(16)5-10(17)4-8/h3-5,7H,6H2,1-2H3,(H,18,23). The highest BCUT2D eigenvalue weighted by molar-refractivity contribution is 6.35. The van der Waals surface area contributed by atoms with E-state index in [0.29, 0.717) is 21.3 Å². The maximum Gasteiger partial charge on any atom is 0.263 e. The van der Waals surface area contributed by atoms with Crippen molar-refractivity contribution in [3.63, 3.8) is 0 Å². The molecule has 2 aromatic rings. The van der Waals surface area contributed by atoms with Crippen LogP contribution in [0.3, 0.4) is 0 Å². The molecule has 23 heavy (non-hydrogen) atoms. The number of alkyl halides is 1. The Bertz CT molecular complexity index is 738. The summed E-state index contributed by atoms with van der Waals surface area (Å²) in [5, 5.41) is 11.1. The summed E-state index contributed by atoms with van der Waals surface area (Å²) in [7, 11) is 0. The predicted molar refractivity (Wildman–Crippen MR) is 88.3 cm³/mol. The van der Waals surface area contributed by atoms with Crippen molar-refractivity contribution in [3.8, 4) is 0 Å². The van der Waals surface area contributed by atoms with Gasteiger partial charge in [-0.15, -0.1) is 16.7 Å². The van der Waals surface area contributed by atoms with Crippen LogP contribution in [-0.4, -0.2) is 32.7 Å². The summed E-state index contributed by atoms with van der Waals surface area (Å²) in [6.45, 7) is 3.47. The molecule has 0 aliphatic carbocycles. The molecular weight excluding hydrogens is 363 g/mol. The van der Waals surface area contributed by atoms with Gasteiger partial charge in [-0.05, 0) is 32.0 Å². The lowest BCUT2D eigenvalue weighted by Gasteiger charge is -2.23. The molecule has 1 heterocycles. The molecule has 0 saturated carbocycles. The Balaban J connectivity index is 2.21. The molecule has 1 aromatic heterocycles. The fourth-order valence-electron chi connectivity index (χ4n) is 1.84. The minimum absolute atomic E-state index is 0.212. The zero-order valence-electron chi connectivity index (χ0n) is 12.3. The average Bonchev–Trinajstić information content (AvgIpc) is 2.95. The van der Waals surface area contributed by atoms with Gasteiger partial charge >= 0.3 is 0 Å². The SMILES string of the molecule is CC(C)(NC(=O)c1cc(Cl)cc(Cl)c1)c1cn(C(=O)CCl)nn1. The lowest BCUT2D eigenvalue weighted by atomic mass is 10.0. The number of halogens is 3. The van der Waals surface area contributed by atoms with Crippen molar-refractivity contribution < 1.29 is 9.59 Å². The zero-order valence-corrected chi connectivity index (χ0v) is 14.6. The molecule has 0 saturated heterocycles. The van der Waals surface area contributed by atoms with Crippen molar-refractivity contribution in [3.05, 3.63) is 45.7 Å². The minimum atomic E-state index is -0.864. The van der Waals surface area contributed by atoms with Gasteiger partial charge in [0.1, 0.15) is 11.6 Å². The number of benzene rings is 1. The van der Waals surface area contributed by atoms with E-state index in [9.17, 15) is 9.59 Å². The van der Waals surface area contributed by atoms with Crippen molar-refractivity contribution in [2.45, 2.75) is 19.4 Å². The Labute approximate surface area is 147 Å². The van der Waals surface area contributed by atoms with Gasteiger partial charge in [-0.1, -0.05) is 28.4 Å². The summed E-state index contributed by atoms with van der Waals surface area (Å²) >= 11 is 17.3. The highest BCUT2D eigenvalue weighted by Gasteiger charge is 2.27. The summed E-state index contributed by atoms with van der Waals surface area (Å²) in [4.78, 5) is 23.8. The molecule has 1 aromatic carbocycles. The monoisotopic (exact) mass is 374 g/mol. The molecule has 6 nitrogen and oxygen atoms in total. The second-order valence-electron chi connectivity index (χ2n) is 5.31. The topological polar surface area (TPSA) is 76.9 Å². The highest BCUT2D eigenvalue weighted by atomic mass is 35.5. The van der Waals surface area contributed by atoms with Crippen LogP contribution in [0.4, 0.5) is 0 Å². The van der Waals surface area contributed by atoms with Crippen LogP contribution in [0, 0.1) is 0 Å². The molecule has 1 amide bonds. The molecule has 0 radical (unpaired) electrons. The van der Waals surface area contributed by atoms with E-state index >= 15 is 0 Å². The normalized spacial score (nSPS) is 11.3. The van der Waals surface area contributed by atoms with E-state index in [1.807, 2.05) is 0 Å². The first-order valence-electron chi connectivity index (χ1n) is 6.53. The van der Waals surface area contributed by atoms with Crippen LogP contribution in [0.5, 0.6) is 0 Å². The van der Waals surface area contributed by atoms with Gasteiger partial charge in [0.15, 0.2) is 0 Å². The number of carbonyl (C=O) groups is 2. The van der Waals surface area contributed by atoms with Gasteiger partial charge in [-0.3, -0.25) is 9.59 Å². The number of amides is 1. The van der Waals surface area contributed by atoms with Crippen LogP contribution in [0.25, 0.3) is 0 Å². The lowest BCUT2D eigenvalue weighted by Crippen LogP contribution is -2.41. The molecule has 0 aliphatic heterocycles. The van der Waals surface area contributed by atoms with Crippen molar-refractivity contribution >= 4 is 46.6 Å². The Kier molecular flexibility index (Phi) is 5.29. The van der Waals surface area contributed by atoms with Crippen LogP contribution in [0.2, 0.25) is 10.0 Å². The Morgan fingerprint density at radius 1 is 1.22 bits per heavy atom. The quantitative estimate of drug-likeness (QED) is 0.833. The molecule has 122 valence electrons. The van der Waals surface area contributed by atoms with Crippen molar-refractivity contribution in [1.29, 1.82) is 0 Å². The maximum absolute atomic E-state index is 12.4. The largest absolute Gasteiger partial charge is 0.341 e. The van der Waals surface area contributed by atoms with E-state index < -0.39 is 11.4 Å². The molecule has 0 fully saturated rings. The third-order valence-corrected chi connectivity index (χ3v) is 3.72. The number of carbonyl (C=O) groups excluding carboxylic acids is 2. The molecule has 0 bridgehead atoms. The van der Waals surface area contributed by atoms with E-state index in [1.165, 1.54) is 24.4 Å². The number of nitrogens with zero attached hydrogens (tertiary/aromatic N) is 3. The molecule has 0 spiro atoms. The molecule has 1 N–H and O–H groups in total. The number of hydrogen-bond donors (Lipinski definition) is 1. The van der Waals surface area contributed by atoms with Gasteiger partial charge in [0.25, 0.3) is 11.8 Å². The van der Waals surface area contributed by atoms with Crippen LogP contribution in [0.1, 0.15) is 34.7 Å². The minimum Gasteiger partial charge on any atom is -0.341 e. The van der Waals surface area contributed by atoms with Gasteiger partial charge in [-0.25, -0.2) is 0 Å². The fourth-order valence-corrected chi connectivity index (χ4v) is 2.49. The summed E-state index contributed by atoms with van der Waals surface area (Å²) in [6, 6.07) is 4.55. The summed E-state index contributed by atoms with van der Waals surface area (Å²) in [6.07, 6.45) is 1.43. The van der Waals surface area contributed by atoms with Gasteiger partial charge < -0.3 is 5.32 Å². The van der Waals surface area contributed by atoms with E-state index in [0.717, 1.165) is 4.68 Å². The first kappa shape index (κ1) is 17.7. The average molecular weight is 376 g/mol. The maximum atomic E-state index is 12.4. The molecule has 2 rings (SSSR count). The summed E-state index contributed by atoms with van der Waals surface area (Å²) in [5.41, 5.74) is -0.131. The lowest BCUT2D eigenvalue weighted by molar-refractivity contribution is 0.0908. The van der Waals surface area contributed by atoms with Crippen molar-refractivity contribution in [2.75, 3.05) is 5.88 Å². The molecule has 0 atom stereocenters. The second kappa shape index (κ2) is 6.86. The Morgan fingerprint density at radius 2 is 1.83 bits per heavy atom. The first-order valence-corrected chi connectivity index (χ1v) is 7.82. The number of aromatic nitrogens is 3. The number of rotatable bonds is 4. The number of hydrogen-bond acceptors (Lipinski definition) is 4. The van der Waals surface area contributed by atoms with E-state index in [1.54, 1.807) is 13.8 Å². The third-order valence-electron chi connectivity index (χ3n) is 3.05.